The van der Waals surface area contributed by atoms with Gasteiger partial charge in [0.25, 0.3) is 0 Å². The van der Waals surface area contributed by atoms with E-state index in [0.29, 0.717) is 33.0 Å². The lowest BCUT2D eigenvalue weighted by Gasteiger charge is -2.30. The van der Waals surface area contributed by atoms with E-state index in [1.165, 1.54) is 16.7 Å². The highest BCUT2D eigenvalue weighted by Crippen LogP contribution is 2.53. The maximum Gasteiger partial charge on any atom is 0.305 e. The fraction of sp³-hybridized carbons (Fsp3) is 0.207. The first kappa shape index (κ1) is 26.5. The molecule has 0 spiro atoms. The Hall–Kier alpha value is -3.73. The lowest BCUT2D eigenvalue weighted by molar-refractivity contribution is -0.122. The fourth-order valence-corrected chi connectivity index (χ4v) is 7.87. The molecule has 0 radical (unpaired) electrons. The number of ether oxygens (including phenoxy) is 3. The van der Waals surface area contributed by atoms with Crippen LogP contribution in [-0.4, -0.2) is 36.3 Å². The molecule has 1 fully saturated rings. The van der Waals surface area contributed by atoms with Gasteiger partial charge in [-0.1, -0.05) is 52.9 Å². The average Bonchev–Trinajstić information content (AvgIpc) is 3.46. The highest BCUT2D eigenvalue weighted by Gasteiger charge is 2.56. The number of nitrogens with zero attached hydrogens (tertiary/aromatic N) is 1. The van der Waals surface area contributed by atoms with Crippen LogP contribution in [0.25, 0.3) is 0 Å². The van der Waals surface area contributed by atoms with Gasteiger partial charge in [0, 0.05) is 15.8 Å². The first-order valence-electron chi connectivity index (χ1n) is 12.3. The molecule has 11 heteroatoms. The molecule has 40 heavy (non-hydrogen) atoms. The zero-order valence-electron chi connectivity index (χ0n) is 21.4. The molecular formula is C29H23ClN2O6S2. The van der Waals surface area contributed by atoms with Crippen molar-refractivity contribution in [3.63, 3.8) is 0 Å². The van der Waals surface area contributed by atoms with Crippen LogP contribution >= 0.6 is 34.7 Å². The normalized spacial score (nSPS) is 19.8. The van der Waals surface area contributed by atoms with E-state index in [4.69, 9.17) is 25.8 Å². The Morgan fingerprint density at radius 2 is 1.73 bits per heavy atom. The van der Waals surface area contributed by atoms with Crippen molar-refractivity contribution in [3.05, 3.63) is 97.4 Å². The first-order valence-corrected chi connectivity index (χ1v) is 14.4. The number of hydrogen-bond acceptors (Lipinski definition) is 8. The van der Waals surface area contributed by atoms with Gasteiger partial charge in [-0.15, -0.1) is 0 Å². The molecule has 2 amide bonds. The van der Waals surface area contributed by atoms with Gasteiger partial charge < -0.3 is 19.2 Å². The third kappa shape index (κ3) is 4.66. The van der Waals surface area contributed by atoms with Crippen molar-refractivity contribution in [1.29, 1.82) is 0 Å². The number of hydrogen-bond donors (Lipinski definition) is 1. The number of thioether (sulfide) groups is 1. The van der Waals surface area contributed by atoms with E-state index in [-0.39, 0.29) is 23.3 Å². The van der Waals surface area contributed by atoms with Gasteiger partial charge in [-0.05, 0) is 59.7 Å². The van der Waals surface area contributed by atoms with Crippen molar-refractivity contribution < 1.29 is 23.8 Å². The van der Waals surface area contributed by atoms with Crippen LogP contribution in [0.15, 0.2) is 76.6 Å². The number of benzene rings is 3. The van der Waals surface area contributed by atoms with Crippen LogP contribution in [0.1, 0.15) is 21.9 Å². The van der Waals surface area contributed by atoms with Crippen LogP contribution in [0.5, 0.6) is 17.2 Å². The highest BCUT2D eigenvalue weighted by molar-refractivity contribution is 8.00. The minimum absolute atomic E-state index is 0.233. The largest absolute Gasteiger partial charge is 0.497 e. The van der Waals surface area contributed by atoms with Gasteiger partial charge in [-0.2, -0.15) is 0 Å². The molecular weight excluding hydrogens is 572 g/mol. The summed E-state index contributed by atoms with van der Waals surface area (Å²) < 4.78 is 16.9. The molecule has 6 rings (SSSR count). The number of thiazole rings is 1. The predicted molar refractivity (Wildman–Crippen MR) is 154 cm³/mol. The van der Waals surface area contributed by atoms with E-state index < -0.39 is 17.1 Å². The topological polar surface area (TPSA) is 97.9 Å². The fourth-order valence-electron chi connectivity index (χ4n) is 5.15. The number of amides is 2. The second-order valence-corrected chi connectivity index (χ2v) is 11.9. The number of carbonyl (C=O) groups excluding carboxylic acids is 2. The number of aromatic amines is 1. The van der Waals surface area contributed by atoms with Crippen LogP contribution in [0, 0.1) is 5.92 Å². The average molecular weight is 595 g/mol. The summed E-state index contributed by atoms with van der Waals surface area (Å²) in [7, 11) is 3.10. The Morgan fingerprint density at radius 1 is 0.925 bits per heavy atom. The van der Waals surface area contributed by atoms with E-state index in [9.17, 15) is 14.4 Å². The summed E-state index contributed by atoms with van der Waals surface area (Å²) in [5.41, 5.74) is 2.13. The molecule has 204 valence electrons. The number of carbonyl (C=O) groups is 2. The zero-order valence-corrected chi connectivity index (χ0v) is 23.8. The molecule has 8 nitrogen and oxygen atoms in total. The van der Waals surface area contributed by atoms with Crippen molar-refractivity contribution in [2.24, 2.45) is 5.92 Å². The number of H-pyrrole nitrogens is 1. The van der Waals surface area contributed by atoms with Gasteiger partial charge >= 0.3 is 4.87 Å². The molecule has 2 unspecified atom stereocenters. The number of fused-ring (bicyclic) bond motifs is 2. The van der Waals surface area contributed by atoms with E-state index in [1.807, 2.05) is 30.3 Å². The van der Waals surface area contributed by atoms with Crippen molar-refractivity contribution in [2.45, 2.75) is 22.8 Å². The molecule has 3 atom stereocenters. The quantitative estimate of drug-likeness (QED) is 0.283. The Kier molecular flexibility index (Phi) is 7.07. The number of halogens is 1. The summed E-state index contributed by atoms with van der Waals surface area (Å²) in [5.74, 6) is -0.253. The number of imide groups is 1. The highest BCUT2D eigenvalue weighted by atomic mass is 35.5. The van der Waals surface area contributed by atoms with Gasteiger partial charge in [-0.3, -0.25) is 14.4 Å². The van der Waals surface area contributed by atoms with Crippen molar-refractivity contribution in [3.8, 4) is 17.2 Å². The maximum atomic E-state index is 13.9. The Labute approximate surface area is 242 Å². The molecule has 3 aromatic carbocycles. The Bertz CT molecular complexity index is 1670. The predicted octanol–water partition coefficient (Wildman–Crippen LogP) is 5.48. The van der Waals surface area contributed by atoms with E-state index in [2.05, 4.69) is 4.98 Å². The van der Waals surface area contributed by atoms with Crippen LogP contribution < -0.4 is 24.0 Å². The summed E-state index contributed by atoms with van der Waals surface area (Å²) in [5, 5.41) is 0.537. The van der Waals surface area contributed by atoms with Gasteiger partial charge in [0.2, 0.25) is 11.8 Å². The third-order valence-electron chi connectivity index (χ3n) is 6.98. The van der Waals surface area contributed by atoms with Crippen molar-refractivity contribution in [1.82, 2.24) is 4.98 Å². The smallest absolute Gasteiger partial charge is 0.305 e. The lowest BCUT2D eigenvalue weighted by Crippen LogP contribution is -2.32. The van der Waals surface area contributed by atoms with Gasteiger partial charge in [0.05, 0.1) is 30.9 Å². The number of anilines is 1. The van der Waals surface area contributed by atoms with E-state index >= 15 is 0 Å². The summed E-state index contributed by atoms with van der Waals surface area (Å²) in [6.45, 7) is 0.286. The molecule has 1 N–H and O–H groups in total. The van der Waals surface area contributed by atoms with Crippen molar-refractivity contribution in [2.75, 3.05) is 19.1 Å². The van der Waals surface area contributed by atoms with E-state index in [1.54, 1.807) is 50.6 Å². The molecule has 1 aromatic heterocycles. The molecule has 0 bridgehead atoms. The lowest BCUT2D eigenvalue weighted by atomic mass is 9.83. The second kappa shape index (κ2) is 10.7. The van der Waals surface area contributed by atoms with Crippen LogP contribution in [0.4, 0.5) is 5.69 Å². The van der Waals surface area contributed by atoms with E-state index in [0.717, 1.165) is 27.3 Å². The summed E-state index contributed by atoms with van der Waals surface area (Å²) >= 11 is 8.39. The van der Waals surface area contributed by atoms with Crippen LogP contribution in [0.3, 0.4) is 0 Å². The number of rotatable bonds is 7. The Balaban J connectivity index is 1.36. The molecule has 2 aliphatic heterocycles. The SMILES string of the molecule is COc1ccc(N2C(=O)C3Sc4[nH]c(=O)sc4[C@H](c4ccc(OCc5cccc(Cl)c5)c(OC)c4)C3C2=O)cc1. The molecule has 0 aliphatic carbocycles. The molecule has 1 saturated heterocycles. The monoisotopic (exact) mass is 594 g/mol. The van der Waals surface area contributed by atoms with Crippen LogP contribution in [0.2, 0.25) is 5.02 Å². The van der Waals surface area contributed by atoms with Gasteiger partial charge in [0.15, 0.2) is 11.5 Å². The third-order valence-corrected chi connectivity index (χ3v) is 9.62. The van der Waals surface area contributed by atoms with Gasteiger partial charge in [-0.25, -0.2) is 4.90 Å². The molecule has 2 aliphatic rings. The second-order valence-electron chi connectivity index (χ2n) is 9.29. The summed E-state index contributed by atoms with van der Waals surface area (Å²) in [6, 6.07) is 19.7. The maximum absolute atomic E-state index is 13.9. The molecule has 3 heterocycles. The van der Waals surface area contributed by atoms with Crippen molar-refractivity contribution >= 4 is 52.2 Å². The van der Waals surface area contributed by atoms with Crippen LogP contribution in [-0.2, 0) is 16.2 Å². The zero-order chi connectivity index (χ0) is 28.0. The Morgan fingerprint density at radius 3 is 2.45 bits per heavy atom. The number of methoxy groups -OCH3 is 2. The molecule has 4 aromatic rings. The standard InChI is InChI=1S/C29H23ClN2O6S2/c1-36-19-9-7-18(8-10-19)32-27(33)23-22(24-26(31-29(35)40-24)39-25(23)28(32)34)16-6-11-20(21(13-16)37-2)38-14-15-4-3-5-17(30)12-15/h3-13,22-23,25H,14H2,1-2H3,(H,31,35)/t22-,23?,25?/m1/s1. The number of nitrogens with one attached hydrogen (secondary N) is 1. The van der Waals surface area contributed by atoms with Gasteiger partial charge in [0.1, 0.15) is 17.6 Å². The molecule has 0 saturated carbocycles. The minimum atomic E-state index is -0.707. The minimum Gasteiger partial charge on any atom is -0.497 e. The number of aromatic nitrogens is 1. The first-order chi connectivity index (χ1) is 19.4. The summed E-state index contributed by atoms with van der Waals surface area (Å²) in [4.78, 5) is 44.5. The summed E-state index contributed by atoms with van der Waals surface area (Å²) in [6.07, 6.45) is 0.